The van der Waals surface area contributed by atoms with Gasteiger partial charge in [-0.25, -0.2) is 4.98 Å². The Hall–Kier alpha value is -1.32. The summed E-state index contributed by atoms with van der Waals surface area (Å²) >= 11 is 0. The first-order valence-electron chi connectivity index (χ1n) is 6.24. The maximum Gasteiger partial charge on any atom is 0.224 e. The number of nitrogens with zero attached hydrogens (tertiary/aromatic N) is 3. The number of anilines is 2. The molecule has 2 fully saturated rings. The highest BCUT2D eigenvalue weighted by atomic mass is 15.2. The predicted octanol–water partition coefficient (Wildman–Crippen LogP) is 1.90. The molecule has 1 aliphatic carbocycles. The van der Waals surface area contributed by atoms with Crippen LogP contribution in [0.15, 0.2) is 12.3 Å². The van der Waals surface area contributed by atoms with E-state index in [4.69, 9.17) is 0 Å². The third-order valence-corrected chi connectivity index (χ3v) is 3.32. The van der Waals surface area contributed by atoms with Gasteiger partial charge < -0.3 is 10.2 Å². The standard InChI is InChI=1S/C12H18N4/c1-2-8-16(7-1)11-5-6-13-12(15-11)14-9-10-3-4-10/h5-6,10H,1-4,7-9H2,(H,13,14,15). The summed E-state index contributed by atoms with van der Waals surface area (Å²) in [7, 11) is 0. The predicted molar refractivity (Wildman–Crippen MR) is 64.7 cm³/mol. The molecule has 0 spiro atoms. The van der Waals surface area contributed by atoms with Gasteiger partial charge in [-0.15, -0.1) is 0 Å². The molecule has 16 heavy (non-hydrogen) atoms. The molecule has 0 bridgehead atoms. The summed E-state index contributed by atoms with van der Waals surface area (Å²) in [6.07, 6.45) is 7.15. The Balaban J connectivity index is 1.65. The number of aromatic nitrogens is 2. The van der Waals surface area contributed by atoms with Gasteiger partial charge in [0.15, 0.2) is 0 Å². The van der Waals surface area contributed by atoms with Crippen molar-refractivity contribution in [1.29, 1.82) is 0 Å². The maximum absolute atomic E-state index is 4.56. The molecule has 1 aromatic rings. The first-order chi connectivity index (χ1) is 7.92. The molecule has 1 aliphatic heterocycles. The summed E-state index contributed by atoms with van der Waals surface area (Å²) in [6.45, 7) is 3.31. The van der Waals surface area contributed by atoms with Crippen LogP contribution in [0.2, 0.25) is 0 Å². The molecule has 3 rings (SSSR count). The molecule has 1 saturated carbocycles. The Morgan fingerprint density at radius 3 is 2.88 bits per heavy atom. The second-order valence-corrected chi connectivity index (χ2v) is 4.76. The Labute approximate surface area is 96.1 Å². The number of hydrogen-bond donors (Lipinski definition) is 1. The summed E-state index contributed by atoms with van der Waals surface area (Å²) < 4.78 is 0. The molecule has 0 atom stereocenters. The molecule has 0 radical (unpaired) electrons. The van der Waals surface area contributed by atoms with E-state index in [1.165, 1.54) is 25.7 Å². The van der Waals surface area contributed by atoms with Gasteiger partial charge in [-0.3, -0.25) is 0 Å². The highest BCUT2D eigenvalue weighted by Gasteiger charge is 2.21. The Morgan fingerprint density at radius 1 is 1.31 bits per heavy atom. The first-order valence-corrected chi connectivity index (χ1v) is 6.24. The van der Waals surface area contributed by atoms with Crippen LogP contribution in [0, 0.1) is 5.92 Å². The molecule has 0 unspecified atom stereocenters. The molecule has 4 heteroatoms. The Kier molecular flexibility index (Phi) is 2.64. The van der Waals surface area contributed by atoms with Crippen molar-refractivity contribution in [3.63, 3.8) is 0 Å². The molecule has 0 aromatic carbocycles. The van der Waals surface area contributed by atoms with Gasteiger partial charge in [-0.1, -0.05) is 0 Å². The lowest BCUT2D eigenvalue weighted by molar-refractivity contribution is 0.866. The van der Waals surface area contributed by atoms with E-state index >= 15 is 0 Å². The molecule has 0 amide bonds. The molecular weight excluding hydrogens is 200 g/mol. The van der Waals surface area contributed by atoms with Gasteiger partial charge in [0.05, 0.1) is 0 Å². The van der Waals surface area contributed by atoms with Crippen molar-refractivity contribution in [2.45, 2.75) is 25.7 Å². The summed E-state index contributed by atoms with van der Waals surface area (Å²) in [5.74, 6) is 2.72. The minimum atomic E-state index is 0.788. The molecule has 1 saturated heterocycles. The largest absolute Gasteiger partial charge is 0.356 e. The summed E-state index contributed by atoms with van der Waals surface area (Å²) in [4.78, 5) is 11.2. The molecule has 2 heterocycles. The zero-order valence-electron chi connectivity index (χ0n) is 9.52. The van der Waals surface area contributed by atoms with Crippen LogP contribution in [0.25, 0.3) is 0 Å². The number of nitrogens with one attached hydrogen (secondary N) is 1. The van der Waals surface area contributed by atoms with E-state index in [-0.39, 0.29) is 0 Å². The van der Waals surface area contributed by atoms with Crippen molar-refractivity contribution < 1.29 is 0 Å². The van der Waals surface area contributed by atoms with E-state index in [1.807, 2.05) is 12.3 Å². The Morgan fingerprint density at radius 2 is 2.12 bits per heavy atom. The van der Waals surface area contributed by atoms with Gasteiger partial charge in [0, 0.05) is 25.8 Å². The zero-order valence-corrected chi connectivity index (χ0v) is 9.52. The van der Waals surface area contributed by atoms with Crippen LogP contribution in [0.1, 0.15) is 25.7 Å². The Bertz CT molecular complexity index is 356. The van der Waals surface area contributed by atoms with Gasteiger partial charge in [-0.2, -0.15) is 4.98 Å². The monoisotopic (exact) mass is 218 g/mol. The third kappa shape index (κ3) is 2.26. The SMILES string of the molecule is c1cc(N2CCCC2)nc(NCC2CC2)n1. The fourth-order valence-electron chi connectivity index (χ4n) is 2.11. The normalized spacial score (nSPS) is 20.1. The number of rotatable bonds is 4. The zero-order chi connectivity index (χ0) is 10.8. The topological polar surface area (TPSA) is 41.1 Å². The van der Waals surface area contributed by atoms with Crippen LogP contribution in [0.4, 0.5) is 11.8 Å². The second kappa shape index (κ2) is 4.28. The van der Waals surface area contributed by atoms with E-state index in [9.17, 15) is 0 Å². The highest BCUT2D eigenvalue weighted by molar-refractivity contribution is 5.43. The minimum absolute atomic E-state index is 0.788. The van der Waals surface area contributed by atoms with Crippen molar-refractivity contribution in [2.75, 3.05) is 29.9 Å². The average molecular weight is 218 g/mol. The lowest BCUT2D eigenvalue weighted by Crippen LogP contribution is -2.19. The maximum atomic E-state index is 4.56. The van der Waals surface area contributed by atoms with Crippen molar-refractivity contribution in [3.8, 4) is 0 Å². The van der Waals surface area contributed by atoms with Gasteiger partial charge in [0.1, 0.15) is 5.82 Å². The van der Waals surface area contributed by atoms with Crippen LogP contribution in [-0.4, -0.2) is 29.6 Å². The molecule has 1 aromatic heterocycles. The summed E-state index contributed by atoms with van der Waals surface area (Å²) in [5.41, 5.74) is 0. The summed E-state index contributed by atoms with van der Waals surface area (Å²) in [6, 6.07) is 2.01. The average Bonchev–Trinajstić information content (AvgIpc) is 2.99. The molecule has 86 valence electrons. The van der Waals surface area contributed by atoms with E-state index in [0.29, 0.717) is 0 Å². The van der Waals surface area contributed by atoms with E-state index in [1.54, 1.807) is 0 Å². The van der Waals surface area contributed by atoms with Crippen molar-refractivity contribution >= 4 is 11.8 Å². The number of hydrogen-bond acceptors (Lipinski definition) is 4. The molecule has 1 N–H and O–H groups in total. The molecule has 4 nitrogen and oxygen atoms in total. The lowest BCUT2D eigenvalue weighted by Gasteiger charge is -2.16. The minimum Gasteiger partial charge on any atom is -0.356 e. The van der Waals surface area contributed by atoms with Gasteiger partial charge >= 0.3 is 0 Å². The molecule has 2 aliphatic rings. The second-order valence-electron chi connectivity index (χ2n) is 4.76. The summed E-state index contributed by atoms with van der Waals surface area (Å²) in [5, 5.41) is 3.32. The van der Waals surface area contributed by atoms with Crippen molar-refractivity contribution in [1.82, 2.24) is 9.97 Å². The highest BCUT2D eigenvalue weighted by Crippen LogP contribution is 2.28. The van der Waals surface area contributed by atoms with Crippen molar-refractivity contribution in [3.05, 3.63) is 12.3 Å². The lowest BCUT2D eigenvalue weighted by atomic mass is 10.4. The fraction of sp³-hybridized carbons (Fsp3) is 0.667. The van der Waals surface area contributed by atoms with Crippen molar-refractivity contribution in [2.24, 2.45) is 5.92 Å². The molecular formula is C12H18N4. The third-order valence-electron chi connectivity index (χ3n) is 3.32. The van der Waals surface area contributed by atoms with Crippen LogP contribution in [-0.2, 0) is 0 Å². The quantitative estimate of drug-likeness (QED) is 0.838. The van der Waals surface area contributed by atoms with E-state index in [0.717, 1.165) is 37.3 Å². The van der Waals surface area contributed by atoms with Gasteiger partial charge in [0.2, 0.25) is 5.95 Å². The smallest absolute Gasteiger partial charge is 0.224 e. The van der Waals surface area contributed by atoms with E-state index < -0.39 is 0 Å². The van der Waals surface area contributed by atoms with Crippen LogP contribution >= 0.6 is 0 Å². The fourth-order valence-corrected chi connectivity index (χ4v) is 2.11. The van der Waals surface area contributed by atoms with E-state index in [2.05, 4.69) is 20.2 Å². The van der Waals surface area contributed by atoms with Gasteiger partial charge in [0.25, 0.3) is 0 Å². The van der Waals surface area contributed by atoms with Crippen LogP contribution in [0.3, 0.4) is 0 Å². The van der Waals surface area contributed by atoms with Crippen LogP contribution in [0.5, 0.6) is 0 Å². The van der Waals surface area contributed by atoms with Crippen LogP contribution < -0.4 is 10.2 Å². The van der Waals surface area contributed by atoms with Gasteiger partial charge in [-0.05, 0) is 37.7 Å². The first kappa shape index (κ1) is 9.87.